The third kappa shape index (κ3) is 6.54. The van der Waals surface area contributed by atoms with Crippen molar-refractivity contribution in [1.82, 2.24) is 15.5 Å². The lowest BCUT2D eigenvalue weighted by molar-refractivity contribution is 0.246. The number of aromatic nitrogens is 2. The number of para-hydroxylation sites is 1. The maximum absolute atomic E-state index is 12.1. The highest BCUT2D eigenvalue weighted by atomic mass is 16.5. The van der Waals surface area contributed by atoms with Crippen LogP contribution in [0.1, 0.15) is 5.56 Å². The van der Waals surface area contributed by atoms with E-state index in [9.17, 15) is 4.79 Å². The molecule has 0 atom stereocenters. The van der Waals surface area contributed by atoms with E-state index < -0.39 is 0 Å². The van der Waals surface area contributed by atoms with Crippen molar-refractivity contribution in [3.63, 3.8) is 0 Å². The zero-order valence-corrected chi connectivity index (χ0v) is 18.2. The Kier molecular flexibility index (Phi) is 7.12. The Bertz CT molecular complexity index is 1160. The SMILES string of the molecule is Cc1ccc(-c2ccc(OCCNC(=O)Nc3ccc(Oc4ccccc4)cc3)nn2)cc1. The summed E-state index contributed by atoms with van der Waals surface area (Å²) >= 11 is 0. The molecule has 0 saturated heterocycles. The van der Waals surface area contributed by atoms with Crippen molar-refractivity contribution in [1.29, 1.82) is 0 Å². The molecule has 0 unspecified atom stereocenters. The summed E-state index contributed by atoms with van der Waals surface area (Å²) in [6.45, 7) is 2.64. The fraction of sp³-hybridized carbons (Fsp3) is 0.115. The van der Waals surface area contributed by atoms with Gasteiger partial charge in [-0.1, -0.05) is 48.0 Å². The van der Waals surface area contributed by atoms with Crippen molar-refractivity contribution < 1.29 is 14.3 Å². The number of aryl methyl sites for hydroxylation is 1. The Morgan fingerprint density at radius 1 is 0.818 bits per heavy atom. The molecule has 2 N–H and O–H groups in total. The van der Waals surface area contributed by atoms with Gasteiger partial charge in [-0.05, 0) is 49.4 Å². The van der Waals surface area contributed by atoms with Gasteiger partial charge in [0.1, 0.15) is 18.1 Å². The summed E-state index contributed by atoms with van der Waals surface area (Å²) in [6, 6.07) is 28.0. The van der Waals surface area contributed by atoms with Gasteiger partial charge in [-0.25, -0.2) is 4.79 Å². The van der Waals surface area contributed by atoms with Gasteiger partial charge in [-0.3, -0.25) is 0 Å². The lowest BCUT2D eigenvalue weighted by Gasteiger charge is -2.10. The molecule has 0 aliphatic rings. The first-order chi connectivity index (χ1) is 16.2. The maximum Gasteiger partial charge on any atom is 0.319 e. The fourth-order valence-corrected chi connectivity index (χ4v) is 3.00. The summed E-state index contributed by atoms with van der Waals surface area (Å²) in [6.07, 6.45) is 0. The van der Waals surface area contributed by atoms with E-state index in [1.54, 1.807) is 30.3 Å². The zero-order valence-electron chi connectivity index (χ0n) is 18.2. The number of rotatable bonds is 8. The highest BCUT2D eigenvalue weighted by Crippen LogP contribution is 2.22. The van der Waals surface area contributed by atoms with Crippen molar-refractivity contribution in [2.45, 2.75) is 6.92 Å². The molecule has 0 spiro atoms. The summed E-state index contributed by atoms with van der Waals surface area (Å²) in [4.78, 5) is 12.1. The minimum Gasteiger partial charge on any atom is -0.475 e. The number of carbonyl (C=O) groups is 1. The van der Waals surface area contributed by atoms with E-state index in [0.717, 1.165) is 17.0 Å². The average Bonchev–Trinajstić information content (AvgIpc) is 2.85. The number of hydrogen-bond acceptors (Lipinski definition) is 5. The molecule has 3 aromatic carbocycles. The second-order valence-electron chi connectivity index (χ2n) is 7.29. The molecule has 33 heavy (non-hydrogen) atoms. The van der Waals surface area contributed by atoms with Crippen LogP contribution < -0.4 is 20.1 Å². The molecule has 0 bridgehead atoms. The van der Waals surface area contributed by atoms with Gasteiger partial charge in [0.15, 0.2) is 0 Å². The average molecular weight is 441 g/mol. The van der Waals surface area contributed by atoms with E-state index in [2.05, 4.69) is 20.8 Å². The van der Waals surface area contributed by atoms with Crippen LogP contribution in [-0.2, 0) is 0 Å². The molecule has 2 amide bonds. The van der Waals surface area contributed by atoms with Crippen molar-refractivity contribution >= 4 is 11.7 Å². The lowest BCUT2D eigenvalue weighted by atomic mass is 10.1. The summed E-state index contributed by atoms with van der Waals surface area (Å²) in [5, 5.41) is 13.8. The Morgan fingerprint density at radius 2 is 1.55 bits per heavy atom. The van der Waals surface area contributed by atoms with Gasteiger partial charge in [0.2, 0.25) is 5.88 Å². The number of benzene rings is 3. The Morgan fingerprint density at radius 3 is 2.24 bits per heavy atom. The molecular weight excluding hydrogens is 416 g/mol. The van der Waals surface area contributed by atoms with Gasteiger partial charge in [0.25, 0.3) is 0 Å². The topological polar surface area (TPSA) is 85.4 Å². The first kappa shape index (κ1) is 21.8. The van der Waals surface area contributed by atoms with Crippen LogP contribution in [0.5, 0.6) is 17.4 Å². The highest BCUT2D eigenvalue weighted by Gasteiger charge is 2.04. The molecule has 4 aromatic rings. The summed E-state index contributed by atoms with van der Waals surface area (Å²) < 4.78 is 11.3. The van der Waals surface area contributed by atoms with E-state index >= 15 is 0 Å². The standard InChI is InChI=1S/C26H24N4O3/c1-19-7-9-20(10-8-19)24-15-16-25(30-29-24)32-18-17-27-26(31)28-21-11-13-23(14-12-21)33-22-5-3-2-4-6-22/h2-16H,17-18H2,1H3,(H2,27,28,31). The third-order valence-corrected chi connectivity index (χ3v) is 4.72. The van der Waals surface area contributed by atoms with E-state index in [0.29, 0.717) is 23.9 Å². The molecule has 7 nitrogen and oxygen atoms in total. The number of anilines is 1. The predicted molar refractivity (Wildman–Crippen MR) is 128 cm³/mol. The van der Waals surface area contributed by atoms with Crippen LogP contribution in [0, 0.1) is 6.92 Å². The summed E-state index contributed by atoms with van der Waals surface area (Å²) in [7, 11) is 0. The number of urea groups is 1. The van der Waals surface area contributed by atoms with Crippen LogP contribution in [0.3, 0.4) is 0 Å². The molecule has 0 fully saturated rings. The number of nitrogens with zero attached hydrogens (tertiary/aromatic N) is 2. The summed E-state index contributed by atoms with van der Waals surface area (Å²) in [5.41, 5.74) is 3.63. The van der Waals surface area contributed by atoms with Gasteiger partial charge in [0.05, 0.1) is 12.2 Å². The van der Waals surface area contributed by atoms with Crippen LogP contribution in [0.25, 0.3) is 11.3 Å². The van der Waals surface area contributed by atoms with Gasteiger partial charge in [0, 0.05) is 17.3 Å². The second-order valence-corrected chi connectivity index (χ2v) is 7.29. The molecule has 0 aliphatic heterocycles. The third-order valence-electron chi connectivity index (χ3n) is 4.72. The van der Waals surface area contributed by atoms with Crippen molar-refractivity contribution in [2.75, 3.05) is 18.5 Å². The Labute approximate surface area is 192 Å². The number of amides is 2. The summed E-state index contributed by atoms with van der Waals surface area (Å²) in [5.74, 6) is 1.85. The number of ether oxygens (including phenoxy) is 2. The highest BCUT2D eigenvalue weighted by molar-refractivity contribution is 5.89. The molecular formula is C26H24N4O3. The molecule has 0 aliphatic carbocycles. The lowest BCUT2D eigenvalue weighted by Crippen LogP contribution is -2.32. The molecule has 1 heterocycles. The number of hydrogen-bond donors (Lipinski definition) is 2. The quantitative estimate of drug-likeness (QED) is 0.356. The minimum absolute atomic E-state index is 0.274. The van der Waals surface area contributed by atoms with Crippen molar-refractivity contribution in [3.05, 3.63) is 96.6 Å². The largest absolute Gasteiger partial charge is 0.475 e. The van der Waals surface area contributed by atoms with Gasteiger partial charge < -0.3 is 20.1 Å². The molecule has 166 valence electrons. The first-order valence-electron chi connectivity index (χ1n) is 10.6. The van der Waals surface area contributed by atoms with E-state index in [-0.39, 0.29) is 12.6 Å². The van der Waals surface area contributed by atoms with Crippen LogP contribution in [0.4, 0.5) is 10.5 Å². The van der Waals surface area contributed by atoms with Gasteiger partial charge in [-0.2, -0.15) is 0 Å². The molecule has 7 heteroatoms. The van der Waals surface area contributed by atoms with Gasteiger partial charge in [-0.15, -0.1) is 10.2 Å². The smallest absolute Gasteiger partial charge is 0.319 e. The second kappa shape index (κ2) is 10.8. The number of carbonyl (C=O) groups excluding carboxylic acids is 1. The van der Waals surface area contributed by atoms with E-state index in [1.807, 2.05) is 67.6 Å². The van der Waals surface area contributed by atoms with Crippen molar-refractivity contribution in [2.24, 2.45) is 0 Å². The number of nitrogens with one attached hydrogen (secondary N) is 2. The van der Waals surface area contributed by atoms with Crippen molar-refractivity contribution in [3.8, 4) is 28.6 Å². The fourth-order valence-electron chi connectivity index (χ4n) is 3.00. The molecule has 1 aromatic heterocycles. The predicted octanol–water partition coefficient (Wildman–Crippen LogP) is 5.44. The Balaban J connectivity index is 1.18. The van der Waals surface area contributed by atoms with Crippen LogP contribution in [0.15, 0.2) is 91.0 Å². The Hall–Kier alpha value is -4.39. The zero-order chi connectivity index (χ0) is 22.9. The normalized spacial score (nSPS) is 10.3. The van der Waals surface area contributed by atoms with Crippen LogP contribution in [-0.4, -0.2) is 29.4 Å². The minimum atomic E-state index is -0.323. The maximum atomic E-state index is 12.1. The molecule has 0 saturated carbocycles. The monoisotopic (exact) mass is 440 g/mol. The van der Waals surface area contributed by atoms with Gasteiger partial charge >= 0.3 is 6.03 Å². The molecule has 0 radical (unpaired) electrons. The first-order valence-corrected chi connectivity index (χ1v) is 10.6. The van der Waals surface area contributed by atoms with E-state index in [4.69, 9.17) is 9.47 Å². The van der Waals surface area contributed by atoms with Crippen LogP contribution in [0.2, 0.25) is 0 Å². The molecule has 4 rings (SSSR count). The van der Waals surface area contributed by atoms with E-state index in [1.165, 1.54) is 5.56 Å². The van der Waals surface area contributed by atoms with Crippen LogP contribution >= 0.6 is 0 Å².